The molecule has 2 aromatic carbocycles. The van der Waals surface area contributed by atoms with E-state index < -0.39 is 5.97 Å². The molecule has 2 aromatic rings. The van der Waals surface area contributed by atoms with E-state index in [0.717, 1.165) is 11.1 Å². The van der Waals surface area contributed by atoms with Crippen molar-refractivity contribution in [1.82, 2.24) is 0 Å². The Morgan fingerprint density at radius 3 is 2.61 bits per heavy atom. The fourth-order valence-corrected chi connectivity index (χ4v) is 2.36. The van der Waals surface area contributed by atoms with E-state index in [4.69, 9.17) is 21.1 Å². The molecular weight excluding hydrogens is 314 g/mol. The normalized spacial score (nSPS) is 15.5. The van der Waals surface area contributed by atoms with Crippen LogP contribution in [-0.4, -0.2) is 19.0 Å². The van der Waals surface area contributed by atoms with Gasteiger partial charge in [0.15, 0.2) is 5.70 Å². The van der Waals surface area contributed by atoms with Gasteiger partial charge in [0, 0.05) is 16.1 Å². The molecule has 116 valence electrons. The van der Waals surface area contributed by atoms with E-state index in [1.807, 2.05) is 25.1 Å². The van der Waals surface area contributed by atoms with Gasteiger partial charge in [0.25, 0.3) is 0 Å². The fraction of sp³-hybridized carbons (Fsp3) is 0.111. The molecule has 0 radical (unpaired) electrons. The Morgan fingerprint density at radius 2 is 1.91 bits per heavy atom. The second-order valence-corrected chi connectivity index (χ2v) is 5.52. The smallest absolute Gasteiger partial charge is 0.363 e. The van der Waals surface area contributed by atoms with Crippen molar-refractivity contribution < 1.29 is 14.3 Å². The second kappa shape index (κ2) is 6.26. The third kappa shape index (κ3) is 3.27. The Hall–Kier alpha value is -2.59. The largest absolute Gasteiger partial charge is 0.496 e. The zero-order valence-corrected chi connectivity index (χ0v) is 13.4. The highest BCUT2D eigenvalue weighted by Gasteiger charge is 2.24. The predicted molar refractivity (Wildman–Crippen MR) is 89.8 cm³/mol. The molecule has 0 amide bonds. The van der Waals surface area contributed by atoms with Crippen molar-refractivity contribution in [1.29, 1.82) is 0 Å². The average molecular weight is 328 g/mol. The number of aliphatic imine (C=N–C) groups is 1. The quantitative estimate of drug-likeness (QED) is 0.632. The number of benzene rings is 2. The number of hydrogen-bond acceptors (Lipinski definition) is 4. The van der Waals surface area contributed by atoms with Crippen molar-refractivity contribution >= 4 is 29.5 Å². The summed E-state index contributed by atoms with van der Waals surface area (Å²) in [5.41, 5.74) is 2.77. The molecule has 0 aromatic heterocycles. The van der Waals surface area contributed by atoms with Crippen LogP contribution in [0, 0.1) is 6.92 Å². The molecule has 4 nitrogen and oxygen atoms in total. The lowest BCUT2D eigenvalue weighted by Crippen LogP contribution is -2.05. The van der Waals surface area contributed by atoms with Gasteiger partial charge in [0.05, 0.1) is 7.11 Å². The highest BCUT2D eigenvalue weighted by molar-refractivity contribution is 6.30. The fourth-order valence-electron chi connectivity index (χ4n) is 2.24. The summed E-state index contributed by atoms with van der Waals surface area (Å²) < 4.78 is 10.5. The van der Waals surface area contributed by atoms with Crippen LogP contribution in [0.4, 0.5) is 0 Å². The average Bonchev–Trinajstić information content (AvgIpc) is 2.89. The van der Waals surface area contributed by atoms with Crippen LogP contribution < -0.4 is 4.74 Å². The van der Waals surface area contributed by atoms with Crippen molar-refractivity contribution in [2.75, 3.05) is 7.11 Å². The zero-order chi connectivity index (χ0) is 16.4. The van der Waals surface area contributed by atoms with Crippen LogP contribution in [0.25, 0.3) is 6.08 Å². The van der Waals surface area contributed by atoms with E-state index in [1.54, 1.807) is 37.5 Å². The molecule has 0 atom stereocenters. The minimum absolute atomic E-state index is 0.235. The van der Waals surface area contributed by atoms with Crippen molar-refractivity contribution in [2.45, 2.75) is 6.92 Å². The third-order valence-corrected chi connectivity index (χ3v) is 3.64. The summed E-state index contributed by atoms with van der Waals surface area (Å²) in [6.07, 6.45) is 1.66. The zero-order valence-electron chi connectivity index (χ0n) is 12.7. The maximum Gasteiger partial charge on any atom is 0.363 e. The van der Waals surface area contributed by atoms with Gasteiger partial charge in [-0.3, -0.25) is 0 Å². The van der Waals surface area contributed by atoms with E-state index in [1.165, 1.54) is 0 Å². The Morgan fingerprint density at radius 1 is 1.17 bits per heavy atom. The SMILES string of the molecule is COc1ccc(C)cc1/C=C1\N=C(c2ccc(Cl)cc2)OC1=O. The molecular formula is C18H14ClNO3. The second-order valence-electron chi connectivity index (χ2n) is 5.09. The first kappa shape index (κ1) is 15.3. The van der Waals surface area contributed by atoms with Crippen LogP contribution in [0.15, 0.2) is 53.2 Å². The number of cyclic esters (lactones) is 1. The number of aryl methyl sites for hydroxylation is 1. The summed E-state index contributed by atoms with van der Waals surface area (Å²) in [6, 6.07) is 12.7. The van der Waals surface area contributed by atoms with Gasteiger partial charge in [-0.2, -0.15) is 0 Å². The number of carbonyl (C=O) groups is 1. The molecule has 0 N–H and O–H groups in total. The van der Waals surface area contributed by atoms with Gasteiger partial charge < -0.3 is 9.47 Å². The first-order valence-corrected chi connectivity index (χ1v) is 7.38. The number of esters is 1. The summed E-state index contributed by atoms with van der Waals surface area (Å²) in [4.78, 5) is 16.3. The van der Waals surface area contributed by atoms with Gasteiger partial charge in [0.2, 0.25) is 5.90 Å². The first-order chi connectivity index (χ1) is 11.1. The maximum absolute atomic E-state index is 12.0. The van der Waals surface area contributed by atoms with Crippen LogP contribution in [0.5, 0.6) is 5.75 Å². The predicted octanol–water partition coefficient (Wildman–Crippen LogP) is 4.00. The van der Waals surface area contributed by atoms with E-state index >= 15 is 0 Å². The van der Waals surface area contributed by atoms with Gasteiger partial charge in [0.1, 0.15) is 5.75 Å². The number of halogens is 1. The Labute approximate surface area is 139 Å². The Balaban J connectivity index is 1.98. The minimum atomic E-state index is -0.487. The summed E-state index contributed by atoms with van der Waals surface area (Å²) >= 11 is 5.86. The molecule has 0 bridgehead atoms. The van der Waals surface area contributed by atoms with Crippen LogP contribution in [0.2, 0.25) is 5.02 Å². The van der Waals surface area contributed by atoms with Crippen molar-refractivity contribution in [2.24, 2.45) is 4.99 Å². The molecule has 1 heterocycles. The topological polar surface area (TPSA) is 47.9 Å². The number of methoxy groups -OCH3 is 1. The molecule has 3 rings (SSSR count). The highest BCUT2D eigenvalue weighted by Crippen LogP contribution is 2.25. The molecule has 0 spiro atoms. The van der Waals surface area contributed by atoms with Crippen molar-refractivity contribution in [3.63, 3.8) is 0 Å². The van der Waals surface area contributed by atoms with Gasteiger partial charge >= 0.3 is 5.97 Å². The maximum atomic E-state index is 12.0. The van der Waals surface area contributed by atoms with Crippen LogP contribution in [0.3, 0.4) is 0 Å². The molecule has 0 unspecified atom stereocenters. The van der Waals surface area contributed by atoms with E-state index in [2.05, 4.69) is 4.99 Å². The minimum Gasteiger partial charge on any atom is -0.496 e. The summed E-state index contributed by atoms with van der Waals surface area (Å²) in [7, 11) is 1.59. The molecule has 23 heavy (non-hydrogen) atoms. The van der Waals surface area contributed by atoms with Crippen molar-refractivity contribution in [3.05, 3.63) is 69.9 Å². The number of hydrogen-bond donors (Lipinski definition) is 0. The number of nitrogens with zero attached hydrogens (tertiary/aromatic N) is 1. The number of ether oxygens (including phenoxy) is 2. The molecule has 5 heteroatoms. The van der Waals surface area contributed by atoms with E-state index in [0.29, 0.717) is 16.3 Å². The van der Waals surface area contributed by atoms with E-state index in [-0.39, 0.29) is 11.6 Å². The molecule has 0 fully saturated rings. The highest BCUT2D eigenvalue weighted by atomic mass is 35.5. The lowest BCUT2D eigenvalue weighted by molar-refractivity contribution is -0.129. The van der Waals surface area contributed by atoms with Crippen LogP contribution in [0.1, 0.15) is 16.7 Å². The van der Waals surface area contributed by atoms with Gasteiger partial charge in [-0.25, -0.2) is 9.79 Å². The summed E-state index contributed by atoms with van der Waals surface area (Å²) in [6.45, 7) is 1.97. The third-order valence-electron chi connectivity index (χ3n) is 3.39. The van der Waals surface area contributed by atoms with Crippen LogP contribution in [-0.2, 0) is 9.53 Å². The van der Waals surface area contributed by atoms with Gasteiger partial charge in [-0.05, 0) is 49.4 Å². The number of rotatable bonds is 3. The Bertz CT molecular complexity index is 823. The first-order valence-electron chi connectivity index (χ1n) is 7.00. The monoisotopic (exact) mass is 327 g/mol. The van der Waals surface area contributed by atoms with Gasteiger partial charge in [-0.1, -0.05) is 23.2 Å². The van der Waals surface area contributed by atoms with Crippen molar-refractivity contribution in [3.8, 4) is 5.75 Å². The van der Waals surface area contributed by atoms with Gasteiger partial charge in [-0.15, -0.1) is 0 Å². The molecule has 0 aliphatic carbocycles. The summed E-state index contributed by atoms with van der Waals surface area (Å²) in [5, 5.41) is 0.610. The van der Waals surface area contributed by atoms with E-state index in [9.17, 15) is 4.79 Å². The molecule has 1 aliphatic heterocycles. The lowest BCUT2D eigenvalue weighted by atomic mass is 10.1. The number of carbonyl (C=O) groups excluding carboxylic acids is 1. The Kier molecular flexibility index (Phi) is 4.17. The molecule has 0 saturated carbocycles. The van der Waals surface area contributed by atoms with Crippen LogP contribution >= 0.6 is 11.6 Å². The summed E-state index contributed by atoms with van der Waals surface area (Å²) in [5.74, 6) is 0.453. The molecule has 1 aliphatic rings. The lowest BCUT2D eigenvalue weighted by Gasteiger charge is -2.05. The standard InChI is InChI=1S/C18H14ClNO3/c1-11-3-8-16(22-2)13(9-11)10-15-18(21)23-17(20-15)12-4-6-14(19)7-5-12/h3-10H,1-2H3/b15-10-. The molecule has 0 saturated heterocycles.